The summed E-state index contributed by atoms with van der Waals surface area (Å²) >= 11 is 7.03. The van der Waals surface area contributed by atoms with Crippen molar-refractivity contribution in [2.24, 2.45) is 11.0 Å². The summed E-state index contributed by atoms with van der Waals surface area (Å²) in [6.45, 7) is 2.10. The summed E-state index contributed by atoms with van der Waals surface area (Å²) in [6, 6.07) is 4.18. The molecule has 1 N–H and O–H groups in total. The van der Waals surface area contributed by atoms with Crippen LogP contribution in [0.2, 0.25) is 0 Å². The van der Waals surface area contributed by atoms with E-state index in [1.807, 2.05) is 6.21 Å². The van der Waals surface area contributed by atoms with Crippen molar-refractivity contribution in [1.29, 1.82) is 0 Å². The molecular weight excluding hydrogens is 312 g/mol. The standard InChI is InChI=1S/C16H22N4S2/c1-12-7-9-14(22-12)11-17-20-15(18-19-16(20)21)10-8-13-5-3-2-4-6-13/h7,9,11,13H,2-6,8,10H2,1H3,(H,19,21)/b17-11-. The molecule has 3 rings (SSSR count). The van der Waals surface area contributed by atoms with Crippen LogP contribution in [0.25, 0.3) is 0 Å². The first kappa shape index (κ1) is 15.6. The zero-order chi connectivity index (χ0) is 15.4. The number of nitrogens with one attached hydrogen (secondary N) is 1. The molecule has 1 fully saturated rings. The third-order valence-electron chi connectivity index (χ3n) is 4.28. The van der Waals surface area contributed by atoms with Crippen molar-refractivity contribution >= 4 is 29.8 Å². The number of hydrogen-bond acceptors (Lipinski definition) is 4. The van der Waals surface area contributed by atoms with Gasteiger partial charge in [-0.3, -0.25) is 5.10 Å². The van der Waals surface area contributed by atoms with Gasteiger partial charge in [0.15, 0.2) is 5.82 Å². The van der Waals surface area contributed by atoms with Crippen LogP contribution in [-0.2, 0) is 6.42 Å². The Morgan fingerprint density at radius 2 is 2.23 bits per heavy atom. The van der Waals surface area contributed by atoms with Gasteiger partial charge in [0, 0.05) is 16.2 Å². The Labute approximate surface area is 140 Å². The van der Waals surface area contributed by atoms with Crippen LogP contribution in [0.3, 0.4) is 0 Å². The Hall–Kier alpha value is -1.27. The maximum absolute atomic E-state index is 5.30. The van der Waals surface area contributed by atoms with Gasteiger partial charge < -0.3 is 0 Å². The quantitative estimate of drug-likeness (QED) is 0.636. The number of aromatic nitrogens is 3. The van der Waals surface area contributed by atoms with E-state index in [-0.39, 0.29) is 0 Å². The lowest BCUT2D eigenvalue weighted by molar-refractivity contribution is 0.336. The number of H-pyrrole nitrogens is 1. The van der Waals surface area contributed by atoms with E-state index >= 15 is 0 Å². The van der Waals surface area contributed by atoms with E-state index in [4.69, 9.17) is 12.2 Å². The Balaban J connectivity index is 1.67. The maximum Gasteiger partial charge on any atom is 0.216 e. The van der Waals surface area contributed by atoms with Gasteiger partial charge in [0.05, 0.1) is 6.21 Å². The summed E-state index contributed by atoms with van der Waals surface area (Å²) in [5, 5.41) is 11.7. The molecule has 0 amide bonds. The molecule has 1 aliphatic carbocycles. The fourth-order valence-corrected chi connectivity index (χ4v) is 3.99. The van der Waals surface area contributed by atoms with Crippen LogP contribution in [-0.4, -0.2) is 21.1 Å². The molecule has 2 heterocycles. The third kappa shape index (κ3) is 3.93. The maximum atomic E-state index is 5.30. The van der Waals surface area contributed by atoms with Crippen LogP contribution in [0, 0.1) is 17.6 Å². The van der Waals surface area contributed by atoms with Crippen molar-refractivity contribution in [3.05, 3.63) is 32.5 Å². The van der Waals surface area contributed by atoms with E-state index in [2.05, 4.69) is 34.4 Å². The summed E-state index contributed by atoms with van der Waals surface area (Å²) in [7, 11) is 0. The lowest BCUT2D eigenvalue weighted by atomic mass is 9.86. The van der Waals surface area contributed by atoms with Crippen molar-refractivity contribution in [3.63, 3.8) is 0 Å². The molecule has 0 aliphatic heterocycles. The van der Waals surface area contributed by atoms with Gasteiger partial charge in [-0.05, 0) is 43.6 Å². The second kappa shape index (κ2) is 7.33. The van der Waals surface area contributed by atoms with E-state index in [9.17, 15) is 0 Å². The minimum absolute atomic E-state index is 0.572. The molecule has 0 atom stereocenters. The van der Waals surface area contributed by atoms with Gasteiger partial charge >= 0.3 is 0 Å². The molecule has 0 aromatic carbocycles. The van der Waals surface area contributed by atoms with E-state index in [0.29, 0.717) is 4.77 Å². The molecule has 0 radical (unpaired) electrons. The van der Waals surface area contributed by atoms with Crippen molar-refractivity contribution in [2.75, 3.05) is 0 Å². The molecule has 2 aromatic rings. The molecule has 0 bridgehead atoms. The monoisotopic (exact) mass is 334 g/mol. The zero-order valence-corrected chi connectivity index (χ0v) is 14.6. The Kier molecular flexibility index (Phi) is 5.20. The molecule has 0 saturated heterocycles. The van der Waals surface area contributed by atoms with Crippen molar-refractivity contribution in [1.82, 2.24) is 14.9 Å². The Morgan fingerprint density at radius 1 is 1.41 bits per heavy atom. The first-order valence-electron chi connectivity index (χ1n) is 7.99. The lowest BCUT2D eigenvalue weighted by Crippen LogP contribution is -2.09. The van der Waals surface area contributed by atoms with Crippen LogP contribution in [0.5, 0.6) is 0 Å². The van der Waals surface area contributed by atoms with Gasteiger partial charge in [0.1, 0.15) is 0 Å². The molecule has 6 heteroatoms. The van der Waals surface area contributed by atoms with E-state index in [1.54, 1.807) is 16.0 Å². The molecular formula is C16H22N4S2. The predicted molar refractivity (Wildman–Crippen MR) is 94.4 cm³/mol. The van der Waals surface area contributed by atoms with Crippen LogP contribution >= 0.6 is 23.6 Å². The molecule has 4 nitrogen and oxygen atoms in total. The Bertz CT molecular complexity index is 689. The van der Waals surface area contributed by atoms with Crippen molar-refractivity contribution in [2.45, 2.75) is 51.9 Å². The number of hydrogen-bond donors (Lipinski definition) is 1. The molecule has 118 valence electrons. The number of nitrogens with zero attached hydrogens (tertiary/aromatic N) is 3. The normalized spacial score (nSPS) is 16.6. The first-order chi connectivity index (χ1) is 10.7. The largest absolute Gasteiger partial charge is 0.250 e. The van der Waals surface area contributed by atoms with Gasteiger partial charge in [-0.15, -0.1) is 11.3 Å². The minimum atomic E-state index is 0.572. The van der Waals surface area contributed by atoms with Crippen molar-refractivity contribution in [3.8, 4) is 0 Å². The average molecular weight is 335 g/mol. The highest BCUT2D eigenvalue weighted by Gasteiger charge is 2.15. The molecule has 1 saturated carbocycles. The number of thiophene rings is 1. The van der Waals surface area contributed by atoms with Gasteiger partial charge in [-0.25, -0.2) is 0 Å². The molecule has 0 unspecified atom stereocenters. The number of aryl methyl sites for hydroxylation is 2. The molecule has 1 aliphatic rings. The van der Waals surface area contributed by atoms with E-state index in [1.165, 1.54) is 43.4 Å². The van der Waals surface area contributed by atoms with Crippen LogP contribution in [0.15, 0.2) is 17.2 Å². The summed E-state index contributed by atoms with van der Waals surface area (Å²) in [5.41, 5.74) is 0. The van der Waals surface area contributed by atoms with E-state index < -0.39 is 0 Å². The summed E-state index contributed by atoms with van der Waals surface area (Å²) < 4.78 is 2.34. The van der Waals surface area contributed by atoms with Gasteiger partial charge in [-0.2, -0.15) is 14.9 Å². The average Bonchev–Trinajstić information content (AvgIpc) is 3.10. The topological polar surface area (TPSA) is 46.0 Å². The van der Waals surface area contributed by atoms with Gasteiger partial charge in [0.25, 0.3) is 0 Å². The van der Waals surface area contributed by atoms with E-state index in [0.717, 1.165) is 23.0 Å². The smallest absolute Gasteiger partial charge is 0.216 e. The van der Waals surface area contributed by atoms with Crippen LogP contribution in [0.1, 0.15) is 54.1 Å². The molecule has 2 aromatic heterocycles. The van der Waals surface area contributed by atoms with Crippen LogP contribution < -0.4 is 0 Å². The highest BCUT2D eigenvalue weighted by molar-refractivity contribution is 7.71. The highest BCUT2D eigenvalue weighted by Crippen LogP contribution is 2.27. The highest BCUT2D eigenvalue weighted by atomic mass is 32.1. The molecule has 0 spiro atoms. The summed E-state index contributed by atoms with van der Waals surface area (Å²) in [5.74, 6) is 1.79. The second-order valence-corrected chi connectivity index (χ2v) is 7.70. The number of aromatic amines is 1. The van der Waals surface area contributed by atoms with Crippen LogP contribution in [0.4, 0.5) is 0 Å². The molecule has 22 heavy (non-hydrogen) atoms. The third-order valence-corrected chi connectivity index (χ3v) is 5.48. The minimum Gasteiger partial charge on any atom is -0.250 e. The van der Waals surface area contributed by atoms with Crippen molar-refractivity contribution < 1.29 is 0 Å². The lowest BCUT2D eigenvalue weighted by Gasteiger charge is -2.20. The summed E-state index contributed by atoms with van der Waals surface area (Å²) in [6.07, 6.45) is 10.9. The SMILES string of the molecule is Cc1ccc(/C=N\n2c(CCC3CCCCC3)n[nH]c2=S)s1. The zero-order valence-electron chi connectivity index (χ0n) is 12.9. The fourth-order valence-electron chi connectivity index (χ4n) is 3.05. The number of rotatable bonds is 5. The first-order valence-corrected chi connectivity index (χ1v) is 9.22. The predicted octanol–water partition coefficient (Wildman–Crippen LogP) is 4.71. The Morgan fingerprint density at radius 3 is 2.95 bits per heavy atom. The second-order valence-electron chi connectivity index (χ2n) is 5.99. The summed E-state index contributed by atoms with van der Waals surface area (Å²) in [4.78, 5) is 2.42. The van der Waals surface area contributed by atoms with Gasteiger partial charge in [0.2, 0.25) is 4.77 Å². The fraction of sp³-hybridized carbons (Fsp3) is 0.562. The van der Waals surface area contributed by atoms with Gasteiger partial charge in [-0.1, -0.05) is 32.1 Å².